The Morgan fingerprint density at radius 1 is 1.48 bits per heavy atom. The first-order valence-electron chi connectivity index (χ1n) is 7.77. The van der Waals surface area contributed by atoms with E-state index in [1.165, 1.54) is 20.1 Å². The Morgan fingerprint density at radius 2 is 2.08 bits per heavy atom. The van der Waals surface area contributed by atoms with E-state index in [9.17, 15) is 19.3 Å². The molecule has 0 bridgehead atoms. The summed E-state index contributed by atoms with van der Waals surface area (Å²) >= 11 is 0. The molecule has 25 heavy (non-hydrogen) atoms. The van der Waals surface area contributed by atoms with Crippen LogP contribution >= 0.6 is 0 Å². The highest BCUT2D eigenvalue weighted by Gasteiger charge is 2.34. The number of nitrogens with zero attached hydrogens (tertiary/aromatic N) is 1. The lowest BCUT2D eigenvalue weighted by molar-refractivity contribution is -0.484. The Balaban J connectivity index is 0.000000970. The number of rotatable bonds is 5. The molecule has 0 aromatic heterocycles. The predicted molar refractivity (Wildman–Crippen MR) is 83.9 cm³/mol. The standard InChI is InChI=1S/C16H20FNO4.CO2/c1-9-4-5-11-6-13(15(17)7-12(9)11)14(8-18(20)21)10(2)16(19)22-3;2-1-3/h6-7,9-10,14H,4-5,8H2,1-3H3;/t9?,10?,14-;/m1./s1. The number of methoxy groups -OCH3 is 1. The Hall–Kier alpha value is -2.60. The van der Waals surface area contributed by atoms with Gasteiger partial charge < -0.3 is 4.74 Å². The zero-order valence-corrected chi connectivity index (χ0v) is 14.3. The lowest BCUT2D eigenvalue weighted by Crippen LogP contribution is -2.27. The van der Waals surface area contributed by atoms with Crippen LogP contribution in [0.5, 0.6) is 0 Å². The summed E-state index contributed by atoms with van der Waals surface area (Å²) in [6.07, 6.45) is 2.03. The molecule has 0 heterocycles. The zero-order valence-electron chi connectivity index (χ0n) is 14.3. The molecular weight excluding hydrogens is 333 g/mol. The third kappa shape index (κ3) is 4.93. The van der Waals surface area contributed by atoms with Gasteiger partial charge in [-0.1, -0.05) is 19.9 Å². The topological polar surface area (TPSA) is 104 Å². The number of hydrogen-bond acceptors (Lipinski definition) is 6. The average Bonchev–Trinajstić information content (AvgIpc) is 2.91. The quantitative estimate of drug-likeness (QED) is 0.457. The first kappa shape index (κ1) is 20.4. The number of carbonyl (C=O) groups is 1. The molecule has 2 unspecified atom stereocenters. The molecule has 0 saturated heterocycles. The molecule has 0 aliphatic heterocycles. The van der Waals surface area contributed by atoms with E-state index in [4.69, 9.17) is 9.59 Å². The van der Waals surface area contributed by atoms with Crippen LogP contribution in [0, 0.1) is 21.8 Å². The third-order valence-electron chi connectivity index (χ3n) is 4.56. The van der Waals surface area contributed by atoms with Crippen LogP contribution in [0.4, 0.5) is 4.39 Å². The molecule has 0 fully saturated rings. The number of aryl methyl sites for hydroxylation is 1. The van der Waals surface area contributed by atoms with Crippen LogP contribution < -0.4 is 0 Å². The molecule has 0 N–H and O–H groups in total. The van der Waals surface area contributed by atoms with E-state index in [0.717, 1.165) is 24.0 Å². The van der Waals surface area contributed by atoms with E-state index in [2.05, 4.69) is 4.74 Å². The van der Waals surface area contributed by atoms with Crippen molar-refractivity contribution in [3.63, 3.8) is 0 Å². The number of benzene rings is 1. The highest BCUT2D eigenvalue weighted by Crippen LogP contribution is 2.37. The van der Waals surface area contributed by atoms with Gasteiger partial charge in [0, 0.05) is 4.92 Å². The molecule has 1 aromatic carbocycles. The van der Waals surface area contributed by atoms with E-state index >= 15 is 0 Å². The van der Waals surface area contributed by atoms with Gasteiger partial charge in [0.1, 0.15) is 5.82 Å². The van der Waals surface area contributed by atoms with Crippen LogP contribution in [0.15, 0.2) is 12.1 Å². The molecule has 0 spiro atoms. The monoisotopic (exact) mass is 353 g/mol. The van der Waals surface area contributed by atoms with Crippen molar-refractivity contribution in [3.8, 4) is 0 Å². The summed E-state index contributed by atoms with van der Waals surface area (Å²) < 4.78 is 19.1. The largest absolute Gasteiger partial charge is 0.469 e. The van der Waals surface area contributed by atoms with Gasteiger partial charge in [0.25, 0.3) is 0 Å². The number of hydrogen-bond donors (Lipinski definition) is 0. The zero-order chi connectivity index (χ0) is 19.1. The lowest BCUT2D eigenvalue weighted by atomic mass is 9.85. The van der Waals surface area contributed by atoms with E-state index in [-0.39, 0.29) is 11.7 Å². The fraction of sp³-hybridized carbons (Fsp3) is 0.529. The van der Waals surface area contributed by atoms with Crippen molar-refractivity contribution in [2.75, 3.05) is 13.7 Å². The van der Waals surface area contributed by atoms with Gasteiger partial charge in [-0.25, -0.2) is 4.39 Å². The van der Waals surface area contributed by atoms with Crippen LogP contribution in [0.1, 0.15) is 48.8 Å². The molecule has 0 amide bonds. The van der Waals surface area contributed by atoms with E-state index < -0.39 is 35.1 Å². The van der Waals surface area contributed by atoms with Crippen LogP contribution in [0.25, 0.3) is 0 Å². The fourth-order valence-electron chi connectivity index (χ4n) is 3.18. The van der Waals surface area contributed by atoms with E-state index in [1.807, 2.05) is 6.92 Å². The second-order valence-corrected chi connectivity index (χ2v) is 6.03. The average molecular weight is 353 g/mol. The number of esters is 1. The predicted octanol–water partition coefficient (Wildman–Crippen LogP) is 2.46. The Bertz CT molecular complexity index is 684. The molecule has 0 radical (unpaired) electrons. The van der Waals surface area contributed by atoms with Gasteiger partial charge in [-0.05, 0) is 41.5 Å². The third-order valence-corrected chi connectivity index (χ3v) is 4.56. The molecule has 136 valence electrons. The molecule has 3 atom stereocenters. The number of nitro groups is 1. The van der Waals surface area contributed by atoms with Crippen molar-refractivity contribution in [2.24, 2.45) is 5.92 Å². The molecule has 1 aliphatic rings. The molecular formula is C17H20FNO6. The second-order valence-electron chi connectivity index (χ2n) is 6.03. The fourth-order valence-corrected chi connectivity index (χ4v) is 3.18. The van der Waals surface area contributed by atoms with Gasteiger partial charge in [0.05, 0.1) is 18.9 Å². The summed E-state index contributed by atoms with van der Waals surface area (Å²) in [6.45, 7) is 3.08. The molecule has 0 saturated carbocycles. The van der Waals surface area contributed by atoms with Crippen molar-refractivity contribution in [1.29, 1.82) is 0 Å². The number of ether oxygens (including phenoxy) is 1. The molecule has 2 rings (SSSR count). The normalized spacial score (nSPS) is 17.4. The van der Waals surface area contributed by atoms with Crippen LogP contribution in [0.3, 0.4) is 0 Å². The van der Waals surface area contributed by atoms with Gasteiger partial charge in [0.15, 0.2) is 0 Å². The minimum atomic E-state index is -0.830. The lowest BCUT2D eigenvalue weighted by Gasteiger charge is -2.20. The Labute approximate surface area is 144 Å². The highest BCUT2D eigenvalue weighted by molar-refractivity contribution is 5.73. The minimum absolute atomic E-state index is 0.238. The first-order chi connectivity index (χ1) is 11.8. The maximum Gasteiger partial charge on any atom is 0.373 e. The molecule has 8 heteroatoms. The van der Waals surface area contributed by atoms with Gasteiger partial charge in [-0.15, -0.1) is 0 Å². The minimum Gasteiger partial charge on any atom is -0.469 e. The smallest absolute Gasteiger partial charge is 0.373 e. The SMILES string of the molecule is COC(=O)C(C)[C@@H](C[N+](=O)[O-])c1cc2c(cc1F)C(C)CC2.O=C=O. The van der Waals surface area contributed by atoms with Crippen molar-refractivity contribution >= 4 is 12.1 Å². The Kier molecular flexibility index (Phi) is 7.39. The highest BCUT2D eigenvalue weighted by atomic mass is 19.1. The van der Waals surface area contributed by atoms with Gasteiger partial charge in [0.2, 0.25) is 6.54 Å². The van der Waals surface area contributed by atoms with Crippen molar-refractivity contribution in [3.05, 3.63) is 44.8 Å². The summed E-state index contributed by atoms with van der Waals surface area (Å²) in [6, 6.07) is 3.17. The summed E-state index contributed by atoms with van der Waals surface area (Å²) in [5.74, 6) is -2.36. The Morgan fingerprint density at radius 3 is 2.60 bits per heavy atom. The molecule has 7 nitrogen and oxygen atoms in total. The maximum absolute atomic E-state index is 14.5. The number of fused-ring (bicyclic) bond motifs is 1. The van der Waals surface area contributed by atoms with Crippen LogP contribution in [-0.4, -0.2) is 30.7 Å². The molecule has 1 aromatic rings. The van der Waals surface area contributed by atoms with E-state index in [1.54, 1.807) is 6.07 Å². The summed E-state index contributed by atoms with van der Waals surface area (Å²) in [5, 5.41) is 10.9. The van der Waals surface area contributed by atoms with Gasteiger partial charge >= 0.3 is 12.1 Å². The second kappa shape index (κ2) is 9.03. The van der Waals surface area contributed by atoms with Crippen molar-refractivity contribution in [2.45, 2.75) is 38.5 Å². The maximum atomic E-state index is 14.5. The summed E-state index contributed by atoms with van der Waals surface area (Å²) in [7, 11) is 1.22. The number of carbonyl (C=O) groups excluding carboxylic acids is 3. The van der Waals surface area contributed by atoms with Gasteiger partial charge in [-0.3, -0.25) is 14.9 Å². The summed E-state index contributed by atoms with van der Waals surface area (Å²) in [4.78, 5) is 38.4. The van der Waals surface area contributed by atoms with Crippen LogP contribution in [0.2, 0.25) is 0 Å². The van der Waals surface area contributed by atoms with Crippen molar-refractivity contribution < 1.29 is 28.4 Å². The molecule has 1 aliphatic carbocycles. The van der Waals surface area contributed by atoms with Crippen LogP contribution in [-0.2, 0) is 25.5 Å². The number of halogens is 1. The van der Waals surface area contributed by atoms with Crippen molar-refractivity contribution in [1.82, 2.24) is 0 Å². The van der Waals surface area contributed by atoms with E-state index in [0.29, 0.717) is 5.92 Å². The first-order valence-corrected chi connectivity index (χ1v) is 7.77. The summed E-state index contributed by atoms with van der Waals surface area (Å²) in [5.41, 5.74) is 2.23. The van der Waals surface area contributed by atoms with Gasteiger partial charge in [-0.2, -0.15) is 9.59 Å².